The van der Waals surface area contributed by atoms with Crippen molar-refractivity contribution >= 4 is 17.6 Å². The predicted octanol–water partition coefficient (Wildman–Crippen LogP) is 6.66. The van der Waals surface area contributed by atoms with Gasteiger partial charge in [-0.05, 0) is 89.8 Å². The molecule has 1 aliphatic carbocycles. The van der Waals surface area contributed by atoms with Crippen LogP contribution in [0.3, 0.4) is 0 Å². The highest BCUT2D eigenvalue weighted by atomic mass is 19.4. The lowest BCUT2D eigenvalue weighted by atomic mass is 9.85. The van der Waals surface area contributed by atoms with Gasteiger partial charge in [0, 0.05) is 31.9 Å². The van der Waals surface area contributed by atoms with Gasteiger partial charge in [-0.25, -0.2) is 0 Å². The maximum Gasteiger partial charge on any atom is 0.416 e. The minimum Gasteiger partial charge on any atom is -0.481 e. The van der Waals surface area contributed by atoms with E-state index in [1.165, 1.54) is 22.3 Å². The molecule has 8 nitrogen and oxygen atoms in total. The van der Waals surface area contributed by atoms with E-state index in [4.69, 9.17) is 0 Å². The van der Waals surface area contributed by atoms with Crippen molar-refractivity contribution in [3.8, 4) is 0 Å². The predicted molar refractivity (Wildman–Crippen MR) is 152 cm³/mol. The summed E-state index contributed by atoms with van der Waals surface area (Å²) in [5.74, 6) is -0.831. The van der Waals surface area contributed by atoms with E-state index in [1.807, 2.05) is 26.8 Å². The molecule has 14 heteroatoms. The largest absolute Gasteiger partial charge is 0.481 e. The highest BCUT2D eigenvalue weighted by molar-refractivity contribution is 5.67. The number of nitrogens with zero attached hydrogens (tertiary/aromatic N) is 6. The fourth-order valence-corrected chi connectivity index (χ4v) is 5.60. The van der Waals surface area contributed by atoms with Crippen molar-refractivity contribution < 1.29 is 36.2 Å². The minimum absolute atomic E-state index is 0.00459. The summed E-state index contributed by atoms with van der Waals surface area (Å²) in [6.07, 6.45) is -6.65. The summed E-state index contributed by atoms with van der Waals surface area (Å²) in [5, 5.41) is 21.4. The lowest BCUT2D eigenvalue weighted by molar-refractivity contribution is -0.143. The molecule has 2 aromatic carbocycles. The Hall–Kier alpha value is -3.84. The van der Waals surface area contributed by atoms with Crippen LogP contribution in [0.5, 0.6) is 0 Å². The first-order valence-electron chi connectivity index (χ1n) is 14.3. The van der Waals surface area contributed by atoms with Crippen LogP contribution in [0, 0.1) is 5.41 Å². The summed E-state index contributed by atoms with van der Waals surface area (Å²) < 4.78 is 81.7. The van der Waals surface area contributed by atoms with Crippen LogP contribution in [0.25, 0.3) is 0 Å². The smallest absolute Gasteiger partial charge is 0.416 e. The lowest BCUT2D eigenvalue weighted by Gasteiger charge is -2.32. The number of carbonyl (C=O) groups is 1. The molecular formula is C30H36F6N6O2. The zero-order valence-corrected chi connectivity index (χ0v) is 25.1. The minimum atomic E-state index is -4.98. The number of aryl methyl sites for hydroxylation is 3. The van der Waals surface area contributed by atoms with Crippen LogP contribution in [0.1, 0.15) is 73.4 Å². The number of hydrogen-bond acceptors (Lipinski definition) is 6. The summed E-state index contributed by atoms with van der Waals surface area (Å²) in [5.41, 5.74) is 0.533. The fraction of sp³-hybridized carbons (Fsp3) is 0.533. The number of aromatic nitrogens is 4. The number of hydrogen-bond donors (Lipinski definition) is 1. The topological polar surface area (TPSA) is 87.4 Å². The Labute approximate surface area is 251 Å². The number of aliphatic carboxylic acids is 1. The van der Waals surface area contributed by atoms with Crippen molar-refractivity contribution in [1.29, 1.82) is 0 Å². The number of anilines is 2. The zero-order chi connectivity index (χ0) is 32.4. The number of halogens is 6. The van der Waals surface area contributed by atoms with Gasteiger partial charge in [-0.15, -0.1) is 5.10 Å². The molecule has 0 bridgehead atoms. The Balaban J connectivity index is 1.74. The second kappa shape index (κ2) is 12.6. The molecule has 0 fully saturated rings. The van der Waals surface area contributed by atoms with Crippen LogP contribution in [0.15, 0.2) is 30.3 Å². The van der Waals surface area contributed by atoms with Gasteiger partial charge in [-0.3, -0.25) is 4.79 Å². The van der Waals surface area contributed by atoms with Gasteiger partial charge in [0.2, 0.25) is 0 Å². The maximum absolute atomic E-state index is 13.6. The number of benzene rings is 2. The molecule has 3 aromatic rings. The van der Waals surface area contributed by atoms with Crippen molar-refractivity contribution in [3.63, 3.8) is 0 Å². The van der Waals surface area contributed by atoms with Gasteiger partial charge in [0.25, 0.3) is 5.95 Å². The molecule has 1 aromatic heterocycles. The first-order valence-corrected chi connectivity index (χ1v) is 14.3. The number of fused-ring (bicyclic) bond motifs is 1. The average Bonchev–Trinajstić information content (AvgIpc) is 3.55. The highest BCUT2D eigenvalue weighted by Crippen LogP contribution is 2.38. The summed E-state index contributed by atoms with van der Waals surface area (Å²) in [6, 6.07) is 5.67. The number of carboxylic acid groups (broad SMARTS) is 1. The summed E-state index contributed by atoms with van der Waals surface area (Å²) >= 11 is 0. The molecule has 44 heavy (non-hydrogen) atoms. The van der Waals surface area contributed by atoms with E-state index < -0.39 is 34.9 Å². The summed E-state index contributed by atoms with van der Waals surface area (Å²) in [4.78, 5) is 16.2. The molecule has 0 unspecified atom stereocenters. The highest BCUT2D eigenvalue weighted by Gasteiger charge is 2.37. The van der Waals surface area contributed by atoms with Gasteiger partial charge >= 0.3 is 18.3 Å². The van der Waals surface area contributed by atoms with Crippen molar-refractivity contribution in [2.75, 3.05) is 22.9 Å². The number of rotatable bonds is 12. The first kappa shape index (κ1) is 33.1. The third-order valence-corrected chi connectivity index (χ3v) is 7.87. The molecule has 0 amide bonds. The van der Waals surface area contributed by atoms with Crippen molar-refractivity contribution in [2.24, 2.45) is 12.5 Å². The summed E-state index contributed by atoms with van der Waals surface area (Å²) in [6.45, 7) is 6.66. The number of tetrazole rings is 1. The van der Waals surface area contributed by atoms with E-state index in [2.05, 4.69) is 26.4 Å². The fourth-order valence-electron chi connectivity index (χ4n) is 5.60. The first-order chi connectivity index (χ1) is 20.4. The average molecular weight is 627 g/mol. The van der Waals surface area contributed by atoms with E-state index in [0.717, 1.165) is 36.1 Å². The SMILES string of the molecule is CCN(CCC(C)(C)CC(=O)O)c1cc2c(cc1CN(Cc1cc(C(F)(F)F)cc(C(F)(F)F)c1)c1nnn(C)n1)CCC2. The molecular weight excluding hydrogens is 590 g/mol. The standard InChI is InChI=1S/C30H36F6N6O2/c1-5-41(10-9-28(2,3)16-26(43)44)25-14-21-8-6-7-20(21)13-22(25)18-42(27-37-39-40(4)38-27)17-19-11-23(29(31,32)33)15-24(12-19)30(34,35)36/h11-15H,5-10,16-18H2,1-4H3,(H,43,44). The van der Waals surface area contributed by atoms with E-state index >= 15 is 0 Å². The van der Waals surface area contributed by atoms with E-state index in [-0.39, 0.29) is 37.1 Å². The van der Waals surface area contributed by atoms with Crippen LogP contribution in [0.2, 0.25) is 0 Å². The van der Waals surface area contributed by atoms with Crippen molar-refractivity contribution in [2.45, 2.75) is 78.3 Å². The molecule has 1 heterocycles. The Morgan fingerprint density at radius 1 is 0.932 bits per heavy atom. The van der Waals surface area contributed by atoms with Gasteiger partial charge in [0.05, 0.1) is 24.6 Å². The third kappa shape index (κ3) is 8.20. The second-order valence-corrected chi connectivity index (χ2v) is 12.0. The Kier molecular flexibility index (Phi) is 9.50. The van der Waals surface area contributed by atoms with Crippen molar-refractivity contribution in [3.05, 3.63) is 63.7 Å². The van der Waals surface area contributed by atoms with E-state index in [0.29, 0.717) is 31.6 Å². The number of alkyl halides is 6. The molecule has 1 aliphatic rings. The molecule has 0 saturated heterocycles. The third-order valence-electron chi connectivity index (χ3n) is 7.87. The number of carboxylic acids is 1. The van der Waals surface area contributed by atoms with Gasteiger partial charge < -0.3 is 14.9 Å². The molecule has 0 saturated carbocycles. The molecule has 1 N–H and O–H groups in total. The Bertz CT molecular complexity index is 1450. The van der Waals surface area contributed by atoms with Crippen LogP contribution in [-0.2, 0) is 50.1 Å². The van der Waals surface area contributed by atoms with Crippen LogP contribution < -0.4 is 9.80 Å². The van der Waals surface area contributed by atoms with Crippen LogP contribution >= 0.6 is 0 Å². The second-order valence-electron chi connectivity index (χ2n) is 12.0. The normalized spacial score (nSPS) is 13.7. The van der Waals surface area contributed by atoms with Crippen LogP contribution in [-0.4, -0.2) is 44.4 Å². The molecule has 0 aliphatic heterocycles. The van der Waals surface area contributed by atoms with Gasteiger partial charge in [-0.1, -0.05) is 25.0 Å². The molecule has 240 valence electrons. The maximum atomic E-state index is 13.6. The Morgan fingerprint density at radius 3 is 2.07 bits per heavy atom. The quantitative estimate of drug-likeness (QED) is 0.225. The van der Waals surface area contributed by atoms with Gasteiger partial charge in [-0.2, -0.15) is 31.1 Å². The monoisotopic (exact) mass is 626 g/mol. The zero-order valence-electron chi connectivity index (χ0n) is 25.1. The lowest BCUT2D eigenvalue weighted by Crippen LogP contribution is -2.31. The molecule has 0 spiro atoms. The van der Waals surface area contributed by atoms with Crippen LogP contribution in [0.4, 0.5) is 38.0 Å². The Morgan fingerprint density at radius 2 is 1.55 bits per heavy atom. The van der Waals surface area contributed by atoms with E-state index in [9.17, 15) is 36.2 Å². The molecule has 0 atom stereocenters. The molecule has 0 radical (unpaired) electrons. The van der Waals surface area contributed by atoms with Crippen molar-refractivity contribution in [1.82, 2.24) is 20.2 Å². The van der Waals surface area contributed by atoms with Gasteiger partial charge in [0.1, 0.15) is 0 Å². The molecule has 4 rings (SSSR count). The van der Waals surface area contributed by atoms with Gasteiger partial charge in [0.15, 0.2) is 0 Å². The van der Waals surface area contributed by atoms with E-state index in [1.54, 1.807) is 0 Å². The summed E-state index contributed by atoms with van der Waals surface area (Å²) in [7, 11) is 1.51.